The third-order valence-corrected chi connectivity index (χ3v) is 9.96. The first kappa shape index (κ1) is 28.5. The SMILES string of the molecule is CCCC[P+](CCCC)(CCCC)Cc1ccc(C(=O)OC(C)(C)C)cc1F.[Br-]. The highest BCUT2D eigenvalue weighted by atomic mass is 79.9. The van der Waals surface area contributed by atoms with Gasteiger partial charge in [0.15, 0.2) is 0 Å². The van der Waals surface area contributed by atoms with E-state index in [4.69, 9.17) is 4.74 Å². The zero-order chi connectivity index (χ0) is 21.2. The van der Waals surface area contributed by atoms with E-state index in [2.05, 4.69) is 20.8 Å². The molecule has 0 atom stereocenters. The molecule has 168 valence electrons. The molecule has 0 saturated carbocycles. The summed E-state index contributed by atoms with van der Waals surface area (Å²) in [5.41, 5.74) is 0.507. The minimum absolute atomic E-state index is 0. The van der Waals surface area contributed by atoms with E-state index in [1.807, 2.05) is 26.8 Å². The van der Waals surface area contributed by atoms with Gasteiger partial charge in [0, 0.05) is 12.8 Å². The molecule has 5 heteroatoms. The number of hydrogen-bond acceptors (Lipinski definition) is 2. The van der Waals surface area contributed by atoms with E-state index < -0.39 is 18.8 Å². The second kappa shape index (κ2) is 13.8. The Labute approximate surface area is 189 Å². The van der Waals surface area contributed by atoms with Crippen LogP contribution >= 0.6 is 7.26 Å². The summed E-state index contributed by atoms with van der Waals surface area (Å²) in [7, 11) is -1.22. The van der Waals surface area contributed by atoms with Crippen molar-refractivity contribution in [2.75, 3.05) is 18.5 Å². The van der Waals surface area contributed by atoms with E-state index >= 15 is 0 Å². The van der Waals surface area contributed by atoms with E-state index in [0.29, 0.717) is 5.56 Å². The van der Waals surface area contributed by atoms with Crippen LogP contribution in [0.5, 0.6) is 0 Å². The van der Waals surface area contributed by atoms with Crippen LogP contribution in [0.4, 0.5) is 4.39 Å². The lowest BCUT2D eigenvalue weighted by Crippen LogP contribution is -3.00. The molecule has 0 aliphatic carbocycles. The summed E-state index contributed by atoms with van der Waals surface area (Å²) >= 11 is 0. The Balaban J connectivity index is 0.00000784. The molecule has 0 bridgehead atoms. The Morgan fingerprint density at radius 3 is 1.83 bits per heavy atom. The van der Waals surface area contributed by atoms with Gasteiger partial charge in [-0.3, -0.25) is 0 Å². The standard InChI is InChI=1S/C24H41FO2P.BrH/c1-7-10-15-28(16-11-8-2,17-12-9-3)19-21-14-13-20(18-22(21)25)23(26)27-24(4,5)6;/h13-14,18H,7-12,15-17,19H2,1-6H3;1H/q+1;/p-1. The van der Waals surface area contributed by atoms with Gasteiger partial charge in [0.05, 0.1) is 30.2 Å². The van der Waals surface area contributed by atoms with Gasteiger partial charge in [-0.15, -0.1) is 0 Å². The van der Waals surface area contributed by atoms with Crippen LogP contribution in [0.2, 0.25) is 0 Å². The number of esters is 1. The summed E-state index contributed by atoms with van der Waals surface area (Å²) in [6, 6.07) is 4.94. The molecule has 1 aromatic rings. The van der Waals surface area contributed by atoms with Gasteiger partial charge in [-0.05, 0) is 52.2 Å². The van der Waals surface area contributed by atoms with Crippen molar-refractivity contribution >= 4 is 13.2 Å². The van der Waals surface area contributed by atoms with Crippen molar-refractivity contribution in [2.45, 2.75) is 91.8 Å². The monoisotopic (exact) mass is 490 g/mol. The number of unbranched alkanes of at least 4 members (excludes halogenated alkanes) is 3. The minimum atomic E-state index is -1.22. The number of ether oxygens (including phenoxy) is 1. The smallest absolute Gasteiger partial charge is 0.338 e. The van der Waals surface area contributed by atoms with Gasteiger partial charge in [0.1, 0.15) is 11.4 Å². The predicted molar refractivity (Wildman–Crippen MR) is 122 cm³/mol. The molecule has 0 aromatic heterocycles. The Kier molecular flexibility index (Phi) is 13.5. The number of halogens is 2. The summed E-state index contributed by atoms with van der Waals surface area (Å²) in [5.74, 6) is -0.709. The highest BCUT2D eigenvalue weighted by Crippen LogP contribution is 2.63. The Hall–Kier alpha value is -0.470. The maximum atomic E-state index is 15.0. The average Bonchev–Trinajstić information content (AvgIpc) is 2.63. The molecule has 0 aliphatic rings. The summed E-state index contributed by atoms with van der Waals surface area (Å²) in [6.45, 7) is 12.2. The van der Waals surface area contributed by atoms with Crippen LogP contribution in [0.1, 0.15) is 96.0 Å². The fraction of sp³-hybridized carbons (Fsp3) is 0.708. The van der Waals surface area contributed by atoms with Crippen molar-refractivity contribution in [2.24, 2.45) is 0 Å². The fourth-order valence-corrected chi connectivity index (χ4v) is 8.64. The molecule has 29 heavy (non-hydrogen) atoms. The fourth-order valence-electron chi connectivity index (χ4n) is 3.55. The molecule has 0 radical (unpaired) electrons. The third kappa shape index (κ3) is 10.4. The minimum Gasteiger partial charge on any atom is -1.00 e. The molecule has 0 unspecified atom stereocenters. The number of carbonyl (C=O) groups is 1. The van der Waals surface area contributed by atoms with Crippen LogP contribution in [0.3, 0.4) is 0 Å². The summed E-state index contributed by atoms with van der Waals surface area (Å²) in [5, 5.41) is 0. The van der Waals surface area contributed by atoms with Gasteiger partial charge in [-0.1, -0.05) is 46.1 Å². The number of hydrogen-bond donors (Lipinski definition) is 0. The van der Waals surface area contributed by atoms with Gasteiger partial charge >= 0.3 is 5.97 Å². The zero-order valence-corrected chi connectivity index (χ0v) is 21.8. The van der Waals surface area contributed by atoms with E-state index in [1.165, 1.54) is 63.1 Å². The van der Waals surface area contributed by atoms with Crippen molar-refractivity contribution < 1.29 is 30.9 Å². The molecule has 2 nitrogen and oxygen atoms in total. The van der Waals surface area contributed by atoms with Crippen molar-refractivity contribution in [3.05, 3.63) is 35.1 Å². The van der Waals surface area contributed by atoms with Crippen molar-refractivity contribution in [1.82, 2.24) is 0 Å². The third-order valence-electron chi connectivity index (χ3n) is 5.15. The normalized spacial score (nSPS) is 11.8. The van der Waals surface area contributed by atoms with Gasteiger partial charge in [-0.25, -0.2) is 9.18 Å². The number of benzene rings is 1. The van der Waals surface area contributed by atoms with E-state index in [0.717, 1.165) is 11.7 Å². The second-order valence-corrected chi connectivity index (χ2v) is 13.4. The Morgan fingerprint density at radius 1 is 0.966 bits per heavy atom. The zero-order valence-electron chi connectivity index (χ0n) is 19.3. The van der Waals surface area contributed by atoms with Gasteiger partial charge in [0.25, 0.3) is 0 Å². The lowest BCUT2D eigenvalue weighted by molar-refractivity contribution is -0.000181. The molecule has 0 amide bonds. The maximum absolute atomic E-state index is 15.0. The van der Waals surface area contributed by atoms with Gasteiger partial charge in [0.2, 0.25) is 0 Å². The van der Waals surface area contributed by atoms with E-state index in [1.54, 1.807) is 6.07 Å². The van der Waals surface area contributed by atoms with Crippen molar-refractivity contribution in [3.63, 3.8) is 0 Å². The van der Waals surface area contributed by atoms with Crippen molar-refractivity contribution in [1.29, 1.82) is 0 Å². The average molecular weight is 491 g/mol. The molecular weight excluding hydrogens is 450 g/mol. The molecular formula is C24H41BrFO2P. The lowest BCUT2D eigenvalue weighted by atomic mass is 10.1. The van der Waals surface area contributed by atoms with Crippen LogP contribution < -0.4 is 17.0 Å². The van der Waals surface area contributed by atoms with Crippen LogP contribution in [0, 0.1) is 5.82 Å². The molecule has 1 aromatic carbocycles. The number of carbonyl (C=O) groups excluding carboxylic acids is 1. The summed E-state index contributed by atoms with van der Waals surface area (Å²) in [6.07, 6.45) is 11.9. The Bertz CT molecular complexity index is 592. The van der Waals surface area contributed by atoms with E-state index in [9.17, 15) is 9.18 Å². The molecule has 0 fully saturated rings. The van der Waals surface area contributed by atoms with Crippen LogP contribution in [-0.2, 0) is 10.9 Å². The summed E-state index contributed by atoms with van der Waals surface area (Å²) in [4.78, 5) is 12.3. The first-order valence-electron chi connectivity index (χ1n) is 11.0. The van der Waals surface area contributed by atoms with Gasteiger partial charge in [-0.2, -0.15) is 0 Å². The van der Waals surface area contributed by atoms with Gasteiger partial charge < -0.3 is 21.7 Å². The maximum Gasteiger partial charge on any atom is 0.338 e. The molecule has 0 saturated heterocycles. The molecule has 0 heterocycles. The highest BCUT2D eigenvalue weighted by Gasteiger charge is 2.36. The molecule has 0 N–H and O–H groups in total. The largest absolute Gasteiger partial charge is 1.00 e. The second-order valence-electron chi connectivity index (χ2n) is 9.04. The molecule has 1 rings (SSSR count). The quantitative estimate of drug-likeness (QED) is 0.313. The molecule has 0 aliphatic heterocycles. The predicted octanol–water partition coefficient (Wildman–Crippen LogP) is 4.70. The first-order chi connectivity index (χ1) is 13.2. The Morgan fingerprint density at radius 2 is 1.45 bits per heavy atom. The molecule has 0 spiro atoms. The van der Waals surface area contributed by atoms with Crippen LogP contribution in [0.25, 0.3) is 0 Å². The lowest BCUT2D eigenvalue weighted by Gasteiger charge is -2.28. The highest BCUT2D eigenvalue weighted by molar-refractivity contribution is 7.75. The summed E-state index contributed by atoms with van der Waals surface area (Å²) < 4.78 is 20.3. The first-order valence-corrected chi connectivity index (χ1v) is 13.6. The van der Waals surface area contributed by atoms with Crippen LogP contribution in [0.15, 0.2) is 18.2 Å². The van der Waals surface area contributed by atoms with Crippen LogP contribution in [-0.4, -0.2) is 30.1 Å². The van der Waals surface area contributed by atoms with Crippen molar-refractivity contribution in [3.8, 4) is 0 Å². The number of rotatable bonds is 12. The van der Waals surface area contributed by atoms with E-state index in [-0.39, 0.29) is 22.8 Å². The topological polar surface area (TPSA) is 26.3 Å².